The molecule has 2 aromatic heterocycles. The molecule has 1 atom stereocenters. The van der Waals surface area contributed by atoms with Gasteiger partial charge in [-0.2, -0.15) is 15.2 Å². The maximum atomic E-state index is 14.2. The summed E-state index contributed by atoms with van der Waals surface area (Å²) in [6.07, 6.45) is 3.67. The van der Waals surface area contributed by atoms with Gasteiger partial charge in [0.05, 0.1) is 23.0 Å². The van der Waals surface area contributed by atoms with E-state index < -0.39 is 0 Å². The molecule has 126 valence electrons. The molecule has 1 amide bonds. The predicted molar refractivity (Wildman–Crippen MR) is 92.7 cm³/mol. The molecule has 25 heavy (non-hydrogen) atoms. The summed E-state index contributed by atoms with van der Waals surface area (Å²) in [5, 5.41) is 10.7. The number of aromatic nitrogens is 3. The van der Waals surface area contributed by atoms with Gasteiger partial charge in [-0.05, 0) is 12.1 Å². The number of amides is 1. The van der Waals surface area contributed by atoms with Crippen molar-refractivity contribution < 1.29 is 9.18 Å². The lowest BCUT2D eigenvalue weighted by molar-refractivity contribution is -0.122. The first-order valence-electron chi connectivity index (χ1n) is 7.99. The van der Waals surface area contributed by atoms with Crippen LogP contribution in [0.4, 0.5) is 10.1 Å². The first kappa shape index (κ1) is 15.4. The van der Waals surface area contributed by atoms with E-state index >= 15 is 0 Å². The fourth-order valence-electron chi connectivity index (χ4n) is 3.05. The van der Waals surface area contributed by atoms with Gasteiger partial charge in [-0.1, -0.05) is 25.1 Å². The molecule has 6 nitrogen and oxygen atoms in total. The van der Waals surface area contributed by atoms with Crippen LogP contribution < -0.4 is 5.01 Å². The molecule has 0 bridgehead atoms. The van der Waals surface area contributed by atoms with Crippen LogP contribution in [0.5, 0.6) is 0 Å². The van der Waals surface area contributed by atoms with Gasteiger partial charge >= 0.3 is 0 Å². The number of fused-ring (bicyclic) bond motifs is 1. The molecule has 0 fully saturated rings. The van der Waals surface area contributed by atoms with Crippen LogP contribution in [-0.4, -0.2) is 26.4 Å². The van der Waals surface area contributed by atoms with Crippen LogP contribution in [0.15, 0.2) is 47.8 Å². The maximum absolute atomic E-state index is 14.2. The minimum absolute atomic E-state index is 0.128. The number of aryl methyl sites for hydroxylation is 1. The van der Waals surface area contributed by atoms with Crippen LogP contribution >= 0.6 is 0 Å². The third-order valence-corrected chi connectivity index (χ3v) is 4.38. The first-order chi connectivity index (χ1) is 12.1. The van der Waals surface area contributed by atoms with Gasteiger partial charge < -0.3 is 0 Å². The Kier molecular flexibility index (Phi) is 3.56. The summed E-state index contributed by atoms with van der Waals surface area (Å²) < 4.78 is 15.8. The van der Waals surface area contributed by atoms with Crippen LogP contribution in [0, 0.1) is 11.7 Å². The molecule has 0 N–H and O–H groups in total. The van der Waals surface area contributed by atoms with Crippen LogP contribution in [0.3, 0.4) is 0 Å². The van der Waals surface area contributed by atoms with Crippen molar-refractivity contribution in [3.05, 3.63) is 54.1 Å². The normalized spacial score (nSPS) is 17.9. The molecule has 0 aliphatic carbocycles. The van der Waals surface area contributed by atoms with Crippen LogP contribution in [0.25, 0.3) is 11.0 Å². The van der Waals surface area contributed by atoms with Crippen molar-refractivity contribution in [3.63, 3.8) is 0 Å². The van der Waals surface area contributed by atoms with Crippen LogP contribution in [-0.2, 0) is 11.8 Å². The highest BCUT2D eigenvalue weighted by atomic mass is 19.1. The summed E-state index contributed by atoms with van der Waals surface area (Å²) in [5.74, 6) is -0.771. The summed E-state index contributed by atoms with van der Waals surface area (Å²) >= 11 is 0. The second-order valence-corrected chi connectivity index (χ2v) is 6.12. The number of anilines is 1. The lowest BCUT2D eigenvalue weighted by Gasteiger charge is -2.28. The number of hydrogen-bond acceptors (Lipinski definition) is 4. The Morgan fingerprint density at radius 2 is 2.04 bits per heavy atom. The molecule has 3 heterocycles. The zero-order chi connectivity index (χ0) is 17.6. The number of rotatable bonds is 2. The van der Waals surface area contributed by atoms with Crippen molar-refractivity contribution in [1.82, 2.24) is 14.8 Å². The number of carbonyl (C=O) groups excluding carboxylic acids is 1. The monoisotopic (exact) mass is 337 g/mol. The van der Waals surface area contributed by atoms with E-state index in [1.807, 2.05) is 6.92 Å². The highest BCUT2D eigenvalue weighted by Gasteiger charge is 2.31. The molecule has 4 rings (SSSR count). The topological polar surface area (TPSA) is 63.4 Å². The van der Waals surface area contributed by atoms with E-state index in [0.29, 0.717) is 29.0 Å². The second kappa shape index (κ2) is 5.77. The van der Waals surface area contributed by atoms with E-state index in [1.165, 1.54) is 11.1 Å². The number of halogens is 1. The van der Waals surface area contributed by atoms with E-state index in [2.05, 4.69) is 15.2 Å². The van der Waals surface area contributed by atoms with Crippen LogP contribution in [0.2, 0.25) is 0 Å². The molecule has 1 unspecified atom stereocenters. The standard InChI is InChI=1S/C18H16FN5O/c1-11-9-15(12-5-3-4-6-14(12)19)22-24(18(11)25)16-7-8-20-17-13(16)10-21-23(17)2/h3-8,10-11H,9H2,1-2H3. The minimum Gasteiger partial charge on any atom is -0.272 e. The molecule has 1 aliphatic rings. The van der Waals surface area contributed by atoms with Gasteiger partial charge in [0.15, 0.2) is 5.65 Å². The lowest BCUT2D eigenvalue weighted by atomic mass is 9.96. The molecule has 1 aliphatic heterocycles. The lowest BCUT2D eigenvalue weighted by Crippen LogP contribution is -2.38. The molecule has 0 saturated heterocycles. The molecular formula is C18H16FN5O. The third kappa shape index (κ3) is 2.48. The summed E-state index contributed by atoms with van der Waals surface area (Å²) in [4.78, 5) is 17.0. The van der Waals surface area contributed by atoms with Gasteiger partial charge in [-0.25, -0.2) is 9.37 Å². The van der Waals surface area contributed by atoms with Gasteiger partial charge in [0, 0.05) is 31.1 Å². The molecular weight excluding hydrogens is 321 g/mol. The Labute approximate surface area is 143 Å². The maximum Gasteiger partial charge on any atom is 0.250 e. The zero-order valence-corrected chi connectivity index (χ0v) is 13.8. The summed E-state index contributed by atoms with van der Waals surface area (Å²) in [6, 6.07) is 8.20. The number of hydrogen-bond donors (Lipinski definition) is 0. The fraction of sp³-hybridized carbons (Fsp3) is 0.222. The number of carbonyl (C=O) groups is 1. The molecule has 0 saturated carbocycles. The van der Waals surface area contributed by atoms with Crippen molar-refractivity contribution in [2.24, 2.45) is 18.1 Å². The van der Waals surface area contributed by atoms with Gasteiger partial charge in [-0.3, -0.25) is 9.48 Å². The number of nitrogens with zero attached hydrogens (tertiary/aromatic N) is 5. The Hall–Kier alpha value is -3.09. The van der Waals surface area contributed by atoms with Crippen LogP contribution in [0.1, 0.15) is 18.9 Å². The number of hydrazone groups is 1. The second-order valence-electron chi connectivity index (χ2n) is 6.12. The highest BCUT2D eigenvalue weighted by molar-refractivity contribution is 6.11. The van der Waals surface area contributed by atoms with Crippen molar-refractivity contribution in [2.45, 2.75) is 13.3 Å². The summed E-state index contributed by atoms with van der Waals surface area (Å²) in [7, 11) is 1.79. The van der Waals surface area contributed by atoms with Gasteiger partial charge in [0.1, 0.15) is 5.82 Å². The van der Waals surface area contributed by atoms with E-state index in [4.69, 9.17) is 0 Å². The molecule has 7 heteroatoms. The minimum atomic E-state index is -0.344. The highest BCUT2D eigenvalue weighted by Crippen LogP contribution is 2.30. The smallest absolute Gasteiger partial charge is 0.250 e. The average molecular weight is 337 g/mol. The summed E-state index contributed by atoms with van der Waals surface area (Å²) in [6.45, 7) is 1.83. The quantitative estimate of drug-likeness (QED) is 0.722. The van der Waals surface area contributed by atoms with Crippen molar-refractivity contribution in [2.75, 3.05) is 5.01 Å². The van der Waals surface area contributed by atoms with Crippen molar-refractivity contribution in [1.29, 1.82) is 0 Å². The van der Waals surface area contributed by atoms with E-state index in [1.54, 1.807) is 48.4 Å². The Morgan fingerprint density at radius 1 is 1.24 bits per heavy atom. The Balaban J connectivity index is 1.88. The van der Waals surface area contributed by atoms with Gasteiger partial charge in [0.25, 0.3) is 5.91 Å². The van der Waals surface area contributed by atoms with E-state index in [9.17, 15) is 9.18 Å². The van der Waals surface area contributed by atoms with Gasteiger partial charge in [-0.15, -0.1) is 0 Å². The van der Waals surface area contributed by atoms with Crippen molar-refractivity contribution >= 4 is 28.3 Å². The van der Waals surface area contributed by atoms with Gasteiger partial charge in [0.2, 0.25) is 0 Å². The molecule has 1 aromatic carbocycles. The number of pyridine rings is 1. The summed E-state index contributed by atoms with van der Waals surface area (Å²) in [5.41, 5.74) is 2.23. The predicted octanol–water partition coefficient (Wildman–Crippen LogP) is 2.88. The number of benzene rings is 1. The largest absolute Gasteiger partial charge is 0.272 e. The fourth-order valence-corrected chi connectivity index (χ4v) is 3.05. The zero-order valence-electron chi connectivity index (χ0n) is 13.8. The molecule has 0 spiro atoms. The first-order valence-corrected chi connectivity index (χ1v) is 7.99. The average Bonchev–Trinajstić information content (AvgIpc) is 2.99. The Bertz CT molecular complexity index is 1010. The Morgan fingerprint density at radius 3 is 2.84 bits per heavy atom. The third-order valence-electron chi connectivity index (χ3n) is 4.38. The van der Waals surface area contributed by atoms with E-state index in [-0.39, 0.29) is 17.6 Å². The van der Waals surface area contributed by atoms with E-state index in [0.717, 1.165) is 5.39 Å². The molecule has 3 aromatic rings. The SMILES string of the molecule is CC1CC(c2ccccc2F)=NN(c2ccnc3c2cnn3C)C1=O. The van der Waals surface area contributed by atoms with Crippen molar-refractivity contribution in [3.8, 4) is 0 Å². The molecule has 0 radical (unpaired) electrons.